The number of hydrogen-bond donors (Lipinski definition) is 1. The molecule has 0 radical (unpaired) electrons. The third-order valence-electron chi connectivity index (χ3n) is 2.51. The Bertz CT molecular complexity index is 551. The van der Waals surface area contributed by atoms with Crippen LogP contribution >= 0.6 is 38.5 Å². The second-order valence-corrected chi connectivity index (χ2v) is 6.17. The van der Waals surface area contributed by atoms with Crippen molar-refractivity contribution >= 4 is 44.3 Å². The van der Waals surface area contributed by atoms with Gasteiger partial charge in [-0.3, -0.25) is 0 Å². The van der Waals surface area contributed by atoms with Crippen molar-refractivity contribution in [1.29, 1.82) is 0 Å². The molecule has 0 aliphatic rings. The largest absolute Gasteiger partial charge is 0.381 e. The molecular weight excluding hydrogens is 395 g/mol. The quantitative estimate of drug-likeness (QED) is 0.751. The minimum atomic E-state index is 0.283. The highest BCUT2D eigenvalue weighted by Gasteiger charge is 2.20. The number of nitrogens with two attached hydrogens (primary N) is 1. The maximum Gasteiger partial charge on any atom is 0.173 e. The van der Waals surface area contributed by atoms with Gasteiger partial charge in [0.05, 0.1) is 0 Å². The van der Waals surface area contributed by atoms with Crippen LogP contribution in [0.25, 0.3) is 11.3 Å². The Balaban J connectivity index is 2.64. The molecule has 0 unspecified atom stereocenters. The van der Waals surface area contributed by atoms with E-state index in [0.717, 1.165) is 24.9 Å². The van der Waals surface area contributed by atoms with Crippen LogP contribution in [0.1, 0.15) is 25.3 Å². The van der Waals surface area contributed by atoms with Gasteiger partial charge in [0.25, 0.3) is 0 Å². The molecular formula is C12H12BrIN2O. The fraction of sp³-hybridized carbons (Fsp3) is 0.250. The van der Waals surface area contributed by atoms with Gasteiger partial charge in [-0.15, -0.1) is 0 Å². The molecule has 1 aromatic carbocycles. The number of nitrogens with zero attached hydrogens (tertiary/aromatic N) is 1. The summed E-state index contributed by atoms with van der Waals surface area (Å²) < 4.78 is 7.50. The lowest BCUT2D eigenvalue weighted by molar-refractivity contribution is 0.434. The first-order valence-electron chi connectivity index (χ1n) is 5.21. The smallest absolute Gasteiger partial charge is 0.173 e. The molecule has 1 aromatic heterocycles. The van der Waals surface area contributed by atoms with E-state index in [2.05, 4.69) is 57.5 Å². The molecule has 2 aromatic rings. The first kappa shape index (κ1) is 12.9. The van der Waals surface area contributed by atoms with Crippen LogP contribution in [0.2, 0.25) is 0 Å². The number of aromatic nitrogens is 1. The average molecular weight is 407 g/mol. The summed E-state index contributed by atoms with van der Waals surface area (Å²) in [5.74, 6) is 1.53. The topological polar surface area (TPSA) is 52.0 Å². The van der Waals surface area contributed by atoms with Crippen molar-refractivity contribution in [1.82, 2.24) is 5.16 Å². The van der Waals surface area contributed by atoms with Crippen LogP contribution in [0.15, 0.2) is 27.2 Å². The maximum absolute atomic E-state index is 5.85. The second-order valence-electron chi connectivity index (χ2n) is 4.09. The zero-order valence-corrected chi connectivity index (χ0v) is 13.2. The Morgan fingerprint density at radius 3 is 2.76 bits per heavy atom. The SMILES string of the molecule is CC(C)c1c(N)noc1-c1cc(Br)ccc1I. The van der Waals surface area contributed by atoms with Gasteiger partial charge in [-0.2, -0.15) is 0 Å². The Morgan fingerprint density at radius 1 is 1.41 bits per heavy atom. The first-order valence-corrected chi connectivity index (χ1v) is 7.08. The van der Waals surface area contributed by atoms with Gasteiger partial charge in [0.2, 0.25) is 0 Å². The minimum absolute atomic E-state index is 0.283. The van der Waals surface area contributed by atoms with Crippen LogP contribution in [-0.2, 0) is 0 Å². The van der Waals surface area contributed by atoms with Gasteiger partial charge in [0.1, 0.15) is 0 Å². The average Bonchev–Trinajstić information content (AvgIpc) is 2.64. The van der Waals surface area contributed by atoms with Crippen molar-refractivity contribution in [3.8, 4) is 11.3 Å². The molecule has 3 nitrogen and oxygen atoms in total. The van der Waals surface area contributed by atoms with Gasteiger partial charge in [-0.25, -0.2) is 0 Å². The van der Waals surface area contributed by atoms with Gasteiger partial charge in [-0.1, -0.05) is 34.9 Å². The molecule has 90 valence electrons. The van der Waals surface area contributed by atoms with Crippen molar-refractivity contribution in [3.05, 3.63) is 31.8 Å². The fourth-order valence-corrected chi connectivity index (χ4v) is 2.67. The summed E-state index contributed by atoms with van der Waals surface area (Å²) >= 11 is 5.75. The van der Waals surface area contributed by atoms with Crippen LogP contribution in [-0.4, -0.2) is 5.16 Å². The normalized spacial score (nSPS) is 11.1. The third kappa shape index (κ3) is 2.49. The molecule has 0 fully saturated rings. The molecule has 2 rings (SSSR count). The third-order valence-corrected chi connectivity index (χ3v) is 3.94. The van der Waals surface area contributed by atoms with Gasteiger partial charge in [-0.05, 0) is 46.7 Å². The van der Waals surface area contributed by atoms with Crippen molar-refractivity contribution in [2.75, 3.05) is 5.73 Å². The standard InChI is InChI=1S/C12H12BrIN2O/c1-6(2)10-11(17-16-12(10)15)8-5-7(13)3-4-9(8)14/h3-6H,1-2H3,(H2,15,16). The van der Waals surface area contributed by atoms with Crippen LogP contribution in [0, 0.1) is 3.57 Å². The summed E-state index contributed by atoms with van der Waals surface area (Å²) in [7, 11) is 0. The predicted octanol–water partition coefficient (Wildman–Crippen LogP) is 4.41. The lowest BCUT2D eigenvalue weighted by Gasteiger charge is -2.07. The molecule has 0 saturated carbocycles. The minimum Gasteiger partial charge on any atom is -0.381 e. The highest BCUT2D eigenvalue weighted by Crippen LogP contribution is 2.36. The van der Waals surface area contributed by atoms with Gasteiger partial charge >= 0.3 is 0 Å². The summed E-state index contributed by atoms with van der Waals surface area (Å²) in [6.45, 7) is 4.16. The van der Waals surface area contributed by atoms with E-state index in [1.54, 1.807) is 0 Å². The Morgan fingerprint density at radius 2 is 2.12 bits per heavy atom. The van der Waals surface area contributed by atoms with E-state index in [0.29, 0.717) is 5.82 Å². The van der Waals surface area contributed by atoms with Crippen molar-refractivity contribution in [3.63, 3.8) is 0 Å². The van der Waals surface area contributed by atoms with Crippen LogP contribution in [0.3, 0.4) is 0 Å². The zero-order chi connectivity index (χ0) is 12.6. The van der Waals surface area contributed by atoms with Crippen LogP contribution < -0.4 is 5.73 Å². The molecule has 5 heteroatoms. The Hall–Kier alpha value is -0.560. The van der Waals surface area contributed by atoms with E-state index in [9.17, 15) is 0 Å². The van der Waals surface area contributed by atoms with Crippen LogP contribution in [0.4, 0.5) is 5.82 Å². The summed E-state index contributed by atoms with van der Waals surface area (Å²) in [4.78, 5) is 0. The second kappa shape index (κ2) is 4.97. The summed E-state index contributed by atoms with van der Waals surface area (Å²) in [5.41, 5.74) is 7.84. The number of nitrogen functional groups attached to an aromatic ring is 1. The molecule has 0 atom stereocenters. The lowest BCUT2D eigenvalue weighted by atomic mass is 9.99. The zero-order valence-electron chi connectivity index (χ0n) is 9.50. The van der Waals surface area contributed by atoms with Crippen molar-refractivity contribution < 1.29 is 4.52 Å². The molecule has 2 N–H and O–H groups in total. The highest BCUT2D eigenvalue weighted by molar-refractivity contribution is 14.1. The van der Waals surface area contributed by atoms with E-state index in [4.69, 9.17) is 10.3 Å². The van der Waals surface area contributed by atoms with E-state index in [-0.39, 0.29) is 5.92 Å². The predicted molar refractivity (Wildman–Crippen MR) is 80.9 cm³/mol. The molecule has 17 heavy (non-hydrogen) atoms. The number of rotatable bonds is 2. The highest BCUT2D eigenvalue weighted by atomic mass is 127. The Kier molecular flexibility index (Phi) is 3.77. The first-order chi connectivity index (χ1) is 8.00. The van der Waals surface area contributed by atoms with Gasteiger partial charge in [0, 0.05) is 19.2 Å². The molecule has 0 amide bonds. The van der Waals surface area contributed by atoms with E-state index >= 15 is 0 Å². The van der Waals surface area contributed by atoms with E-state index < -0.39 is 0 Å². The monoisotopic (exact) mass is 406 g/mol. The maximum atomic E-state index is 5.85. The number of anilines is 1. The Labute approximate surface area is 122 Å². The van der Waals surface area contributed by atoms with Gasteiger partial charge in [0.15, 0.2) is 11.6 Å². The van der Waals surface area contributed by atoms with E-state index in [1.807, 2.05) is 18.2 Å². The number of halogens is 2. The molecule has 0 bridgehead atoms. The molecule has 0 spiro atoms. The molecule has 1 heterocycles. The van der Waals surface area contributed by atoms with Gasteiger partial charge < -0.3 is 10.3 Å². The number of hydrogen-bond acceptors (Lipinski definition) is 3. The van der Waals surface area contributed by atoms with Crippen LogP contribution in [0.5, 0.6) is 0 Å². The number of benzene rings is 1. The summed E-state index contributed by atoms with van der Waals surface area (Å²) in [5, 5.41) is 3.87. The summed E-state index contributed by atoms with van der Waals surface area (Å²) in [6.07, 6.45) is 0. The molecule has 0 saturated heterocycles. The summed E-state index contributed by atoms with van der Waals surface area (Å²) in [6, 6.07) is 6.05. The van der Waals surface area contributed by atoms with Crippen molar-refractivity contribution in [2.45, 2.75) is 19.8 Å². The molecule has 0 aliphatic heterocycles. The lowest BCUT2D eigenvalue weighted by Crippen LogP contribution is -1.95. The van der Waals surface area contributed by atoms with E-state index in [1.165, 1.54) is 0 Å². The molecule has 0 aliphatic carbocycles. The fourth-order valence-electron chi connectivity index (χ4n) is 1.73. The van der Waals surface area contributed by atoms with Crippen molar-refractivity contribution in [2.24, 2.45) is 0 Å².